The van der Waals surface area contributed by atoms with Gasteiger partial charge in [0.05, 0.1) is 22.0 Å². The summed E-state index contributed by atoms with van der Waals surface area (Å²) in [5.41, 5.74) is 4.78. The molecule has 6 heteroatoms. The second-order valence-electron chi connectivity index (χ2n) is 7.35. The third-order valence-corrected chi connectivity index (χ3v) is 6.64. The van der Waals surface area contributed by atoms with Crippen molar-refractivity contribution in [1.29, 1.82) is 0 Å². The predicted octanol–water partition coefficient (Wildman–Crippen LogP) is 2.78. The highest BCUT2D eigenvalue weighted by molar-refractivity contribution is 7.13. The lowest BCUT2D eigenvalue weighted by Crippen LogP contribution is -2.46. The second kappa shape index (κ2) is 8.40. The molecule has 5 nitrogen and oxygen atoms in total. The zero-order valence-corrected chi connectivity index (χ0v) is 17.0. The van der Waals surface area contributed by atoms with Crippen molar-refractivity contribution >= 4 is 35.0 Å². The number of anilines is 1. The molecule has 2 atom stereocenters. The van der Waals surface area contributed by atoms with Crippen LogP contribution in [-0.4, -0.2) is 35.1 Å². The van der Waals surface area contributed by atoms with Gasteiger partial charge >= 0.3 is 0 Å². The average molecular weight is 384 g/mol. The lowest BCUT2D eigenvalue weighted by atomic mass is 9.85. The van der Waals surface area contributed by atoms with Gasteiger partial charge in [-0.25, -0.2) is 10.4 Å². The largest absolute Gasteiger partial charge is 0.355 e. The van der Waals surface area contributed by atoms with E-state index in [-0.39, 0.29) is 0 Å². The minimum atomic E-state index is 0.309. The van der Waals surface area contributed by atoms with Gasteiger partial charge in [-0.15, -0.1) is 0 Å². The summed E-state index contributed by atoms with van der Waals surface area (Å²) in [7, 11) is 0. The molecule has 2 unspecified atom stereocenters. The lowest BCUT2D eigenvalue weighted by molar-refractivity contribution is 0.212. The molecule has 0 amide bonds. The first-order valence-electron chi connectivity index (χ1n) is 10.1. The Balaban J connectivity index is 1.46. The zero-order valence-electron chi connectivity index (χ0n) is 16.2. The molecule has 0 saturated heterocycles. The molecule has 0 radical (unpaired) electrons. The van der Waals surface area contributed by atoms with Gasteiger partial charge in [0, 0.05) is 0 Å². The van der Waals surface area contributed by atoms with E-state index in [2.05, 4.69) is 65.0 Å². The van der Waals surface area contributed by atoms with Gasteiger partial charge in [0.2, 0.25) is 0 Å². The maximum atomic E-state index is 4.75. The normalized spacial score (nSPS) is 22.3. The molecule has 4 rings (SSSR count). The SMILES string of the molecule is CCC(CC)C(C1=CCC(Nc2nc3c(s2)=CCCC=3)C=C1)N1C=NCN1. The van der Waals surface area contributed by atoms with E-state index in [1.807, 2.05) is 6.34 Å². The molecule has 1 aromatic rings. The Morgan fingerprint density at radius 3 is 2.78 bits per heavy atom. The number of hydrogen-bond donors (Lipinski definition) is 2. The molecule has 27 heavy (non-hydrogen) atoms. The van der Waals surface area contributed by atoms with Crippen LogP contribution in [0.4, 0.5) is 5.13 Å². The average Bonchev–Trinajstić information content (AvgIpc) is 3.36. The molecule has 0 bridgehead atoms. The molecule has 144 valence electrons. The van der Waals surface area contributed by atoms with E-state index in [1.165, 1.54) is 10.1 Å². The molecule has 0 spiro atoms. The highest BCUT2D eigenvalue weighted by Crippen LogP contribution is 2.28. The number of aromatic nitrogens is 1. The van der Waals surface area contributed by atoms with Gasteiger partial charge in [0.25, 0.3) is 0 Å². The van der Waals surface area contributed by atoms with E-state index in [0.717, 1.165) is 42.6 Å². The fraction of sp³-hybridized carbons (Fsp3) is 0.524. The van der Waals surface area contributed by atoms with Gasteiger partial charge in [-0.3, -0.25) is 10.0 Å². The van der Waals surface area contributed by atoms with Crippen molar-refractivity contribution in [2.45, 2.75) is 58.0 Å². The summed E-state index contributed by atoms with van der Waals surface area (Å²) in [6.45, 7) is 5.24. The summed E-state index contributed by atoms with van der Waals surface area (Å²) in [6.07, 6.45) is 19.0. The first-order valence-corrected chi connectivity index (χ1v) is 10.9. The fourth-order valence-corrected chi connectivity index (χ4v) is 5.11. The van der Waals surface area contributed by atoms with E-state index in [9.17, 15) is 0 Å². The molecular weight excluding hydrogens is 354 g/mol. The third-order valence-electron chi connectivity index (χ3n) is 5.64. The number of aliphatic imine (C=N–C) groups is 1. The lowest BCUT2D eigenvalue weighted by Gasteiger charge is -2.35. The standard InChI is InChI=1S/C21H29N5S/c1-3-15(4-2)20(26-14-22-13-23-26)16-9-11-17(12-10-16)24-21-25-18-7-5-6-8-19(18)27-21/h7-11,14-15,17,20,23H,3-6,12-13H2,1-2H3,(H,24,25). The van der Waals surface area contributed by atoms with Gasteiger partial charge in [-0.2, -0.15) is 0 Å². The van der Waals surface area contributed by atoms with E-state index < -0.39 is 0 Å². The van der Waals surface area contributed by atoms with E-state index in [0.29, 0.717) is 24.7 Å². The number of hydrogen-bond acceptors (Lipinski definition) is 6. The number of fused-ring (bicyclic) bond motifs is 1. The Morgan fingerprint density at radius 1 is 1.26 bits per heavy atom. The number of nitrogens with zero attached hydrogens (tertiary/aromatic N) is 3. The Hall–Kier alpha value is -1.92. The Kier molecular flexibility index (Phi) is 5.74. The van der Waals surface area contributed by atoms with Crippen molar-refractivity contribution in [2.24, 2.45) is 10.9 Å². The first kappa shape index (κ1) is 18.4. The van der Waals surface area contributed by atoms with Crippen LogP contribution < -0.4 is 20.6 Å². The number of thiazole rings is 1. The van der Waals surface area contributed by atoms with Crippen molar-refractivity contribution in [3.8, 4) is 0 Å². The van der Waals surface area contributed by atoms with Gasteiger partial charge < -0.3 is 5.32 Å². The quantitative estimate of drug-likeness (QED) is 0.760. The maximum Gasteiger partial charge on any atom is 0.184 e. The molecular formula is C21H29N5S. The zero-order chi connectivity index (χ0) is 18.6. The third kappa shape index (κ3) is 4.01. The van der Waals surface area contributed by atoms with Crippen LogP contribution in [0.3, 0.4) is 0 Å². The molecule has 1 aliphatic heterocycles. The molecule has 2 aliphatic carbocycles. The summed E-state index contributed by atoms with van der Waals surface area (Å²) in [4.78, 5) is 9.09. The number of nitrogens with one attached hydrogen (secondary N) is 2. The maximum absolute atomic E-state index is 4.75. The van der Waals surface area contributed by atoms with Crippen molar-refractivity contribution in [1.82, 2.24) is 15.4 Å². The van der Waals surface area contributed by atoms with Crippen molar-refractivity contribution in [3.63, 3.8) is 0 Å². The Morgan fingerprint density at radius 2 is 2.11 bits per heavy atom. The molecule has 2 heterocycles. The van der Waals surface area contributed by atoms with Crippen LogP contribution in [0.15, 0.2) is 28.8 Å². The number of hydrazine groups is 1. The smallest absolute Gasteiger partial charge is 0.184 e. The van der Waals surface area contributed by atoms with Crippen LogP contribution in [0.25, 0.3) is 12.2 Å². The van der Waals surface area contributed by atoms with Gasteiger partial charge in [0.15, 0.2) is 5.13 Å². The molecule has 1 aromatic heterocycles. The second-order valence-corrected chi connectivity index (χ2v) is 8.38. The minimum Gasteiger partial charge on any atom is -0.355 e. The van der Waals surface area contributed by atoms with E-state index in [4.69, 9.17) is 4.98 Å². The summed E-state index contributed by atoms with van der Waals surface area (Å²) >= 11 is 1.77. The van der Waals surface area contributed by atoms with Crippen LogP contribution >= 0.6 is 11.3 Å². The van der Waals surface area contributed by atoms with Gasteiger partial charge in [-0.05, 0) is 30.8 Å². The molecule has 0 fully saturated rings. The van der Waals surface area contributed by atoms with Crippen LogP contribution in [0.1, 0.15) is 46.0 Å². The van der Waals surface area contributed by atoms with E-state index in [1.54, 1.807) is 11.3 Å². The Labute approximate surface area is 165 Å². The summed E-state index contributed by atoms with van der Waals surface area (Å²) < 4.78 is 1.31. The van der Waals surface area contributed by atoms with Crippen molar-refractivity contribution in [3.05, 3.63) is 33.7 Å². The first-order chi connectivity index (χ1) is 13.3. The van der Waals surface area contributed by atoms with Gasteiger partial charge in [0.1, 0.15) is 13.0 Å². The van der Waals surface area contributed by atoms with Crippen LogP contribution in [0.2, 0.25) is 0 Å². The Bertz CT molecular complexity index is 828. The molecule has 0 saturated carbocycles. The minimum absolute atomic E-state index is 0.309. The fourth-order valence-electron chi connectivity index (χ4n) is 4.11. The highest BCUT2D eigenvalue weighted by atomic mass is 32.1. The summed E-state index contributed by atoms with van der Waals surface area (Å²) in [5.74, 6) is 0.610. The van der Waals surface area contributed by atoms with Crippen LogP contribution in [-0.2, 0) is 0 Å². The predicted molar refractivity (Wildman–Crippen MR) is 115 cm³/mol. The number of rotatable bonds is 7. The molecule has 2 N–H and O–H groups in total. The topological polar surface area (TPSA) is 52.6 Å². The van der Waals surface area contributed by atoms with Crippen LogP contribution in [0.5, 0.6) is 0 Å². The van der Waals surface area contributed by atoms with Crippen LogP contribution in [0, 0.1) is 5.92 Å². The molecule has 0 aromatic carbocycles. The van der Waals surface area contributed by atoms with Crippen molar-refractivity contribution < 1.29 is 0 Å². The van der Waals surface area contributed by atoms with E-state index >= 15 is 0 Å². The summed E-state index contributed by atoms with van der Waals surface area (Å²) in [6, 6.07) is 0.656. The highest BCUT2D eigenvalue weighted by Gasteiger charge is 2.29. The summed E-state index contributed by atoms with van der Waals surface area (Å²) in [5, 5.41) is 7.99. The molecule has 3 aliphatic rings. The van der Waals surface area contributed by atoms with Gasteiger partial charge in [-0.1, -0.05) is 68.4 Å². The van der Waals surface area contributed by atoms with Crippen molar-refractivity contribution in [2.75, 3.05) is 12.0 Å². The monoisotopic (exact) mass is 383 g/mol.